The summed E-state index contributed by atoms with van der Waals surface area (Å²) in [6.07, 6.45) is 3.30. The summed E-state index contributed by atoms with van der Waals surface area (Å²) in [5.74, 6) is 2.36. The number of hydrogen-bond acceptors (Lipinski definition) is 4. The molecule has 1 aromatic heterocycles. The van der Waals surface area contributed by atoms with Crippen molar-refractivity contribution in [3.05, 3.63) is 41.2 Å². The molecule has 2 aliphatic rings. The number of aromatic amines is 1. The van der Waals surface area contributed by atoms with E-state index in [2.05, 4.69) is 44.7 Å². The van der Waals surface area contributed by atoms with E-state index in [0.29, 0.717) is 5.92 Å². The minimum absolute atomic E-state index is 0.453. The van der Waals surface area contributed by atoms with Gasteiger partial charge >= 0.3 is 0 Å². The molecule has 2 heterocycles. The molecule has 0 bridgehead atoms. The van der Waals surface area contributed by atoms with Gasteiger partial charge in [0.2, 0.25) is 5.95 Å². The molecule has 0 atom stereocenters. The molecule has 0 spiro atoms. The van der Waals surface area contributed by atoms with Crippen LogP contribution in [0.4, 0.5) is 5.95 Å². The van der Waals surface area contributed by atoms with E-state index in [1.54, 1.807) is 0 Å². The highest BCUT2D eigenvalue weighted by Gasteiger charge is 2.26. The van der Waals surface area contributed by atoms with Crippen LogP contribution in [-0.2, 0) is 12.8 Å². The third-order valence-corrected chi connectivity index (χ3v) is 4.55. The van der Waals surface area contributed by atoms with Gasteiger partial charge in [-0.3, -0.25) is 5.10 Å². The molecule has 1 fully saturated rings. The summed E-state index contributed by atoms with van der Waals surface area (Å²) in [6, 6.07) is 8.70. The van der Waals surface area contributed by atoms with Crippen LogP contribution in [0.25, 0.3) is 0 Å². The van der Waals surface area contributed by atoms with Crippen molar-refractivity contribution in [3.63, 3.8) is 0 Å². The van der Waals surface area contributed by atoms with Crippen LogP contribution in [0.1, 0.15) is 29.3 Å². The second kappa shape index (κ2) is 5.48. The number of rotatable bonds is 2. The Morgan fingerprint density at radius 2 is 1.86 bits per heavy atom. The Balaban J connectivity index is 1.50. The van der Waals surface area contributed by atoms with Crippen LogP contribution in [0.15, 0.2) is 24.3 Å². The van der Waals surface area contributed by atoms with Gasteiger partial charge in [0.1, 0.15) is 5.82 Å². The van der Waals surface area contributed by atoms with Crippen LogP contribution in [0, 0.1) is 0 Å². The number of aromatic nitrogens is 3. The first kappa shape index (κ1) is 12.8. The van der Waals surface area contributed by atoms with Crippen LogP contribution >= 0.6 is 0 Å². The molecular formula is C16H21N5. The molecule has 2 aromatic rings. The lowest BCUT2D eigenvalue weighted by atomic mass is 10.1. The van der Waals surface area contributed by atoms with E-state index >= 15 is 0 Å². The van der Waals surface area contributed by atoms with Gasteiger partial charge in [-0.05, 0) is 36.9 Å². The van der Waals surface area contributed by atoms with Crippen molar-refractivity contribution < 1.29 is 0 Å². The van der Waals surface area contributed by atoms with Crippen molar-refractivity contribution in [2.45, 2.75) is 25.2 Å². The minimum atomic E-state index is 0.453. The summed E-state index contributed by atoms with van der Waals surface area (Å²) in [6.45, 7) is 4.13. The predicted octanol–water partition coefficient (Wildman–Crippen LogP) is 1.49. The molecule has 5 nitrogen and oxygen atoms in total. The molecular weight excluding hydrogens is 262 g/mol. The van der Waals surface area contributed by atoms with Crippen LogP contribution in [0.3, 0.4) is 0 Å². The maximum atomic E-state index is 4.77. The Kier molecular flexibility index (Phi) is 3.35. The molecule has 2 N–H and O–H groups in total. The zero-order valence-corrected chi connectivity index (χ0v) is 12.2. The highest BCUT2D eigenvalue weighted by atomic mass is 15.4. The van der Waals surface area contributed by atoms with E-state index in [4.69, 9.17) is 4.98 Å². The number of benzene rings is 1. The van der Waals surface area contributed by atoms with Gasteiger partial charge in [-0.1, -0.05) is 24.3 Å². The first-order valence-electron chi connectivity index (χ1n) is 7.85. The van der Waals surface area contributed by atoms with E-state index in [9.17, 15) is 0 Å². The first-order valence-corrected chi connectivity index (χ1v) is 7.85. The molecule has 1 aliphatic carbocycles. The summed E-state index contributed by atoms with van der Waals surface area (Å²) < 4.78 is 0. The summed E-state index contributed by atoms with van der Waals surface area (Å²) in [5, 5.41) is 11.0. The zero-order chi connectivity index (χ0) is 14.1. The average Bonchev–Trinajstić information content (AvgIpc) is 3.07. The lowest BCUT2D eigenvalue weighted by Gasteiger charge is -2.17. The molecule has 1 aromatic carbocycles. The summed E-state index contributed by atoms with van der Waals surface area (Å²) in [7, 11) is 0. The lowest BCUT2D eigenvalue weighted by Crippen LogP contribution is -2.28. The molecule has 1 saturated heterocycles. The van der Waals surface area contributed by atoms with Crippen molar-refractivity contribution in [2.75, 3.05) is 31.1 Å². The monoisotopic (exact) mass is 283 g/mol. The fourth-order valence-electron chi connectivity index (χ4n) is 3.39. The van der Waals surface area contributed by atoms with Gasteiger partial charge in [0, 0.05) is 25.6 Å². The van der Waals surface area contributed by atoms with Gasteiger partial charge in [0.15, 0.2) is 0 Å². The van der Waals surface area contributed by atoms with Crippen LogP contribution < -0.4 is 10.2 Å². The van der Waals surface area contributed by atoms with Gasteiger partial charge in [-0.25, -0.2) is 0 Å². The molecule has 0 amide bonds. The lowest BCUT2D eigenvalue weighted by molar-refractivity contribution is 0.686. The number of H-pyrrole nitrogens is 1. The number of fused-ring (bicyclic) bond motifs is 1. The normalized spacial score (nSPS) is 19.5. The highest BCUT2D eigenvalue weighted by Crippen LogP contribution is 2.32. The molecule has 110 valence electrons. The average molecular weight is 283 g/mol. The molecule has 5 heteroatoms. The Labute approximate surface area is 124 Å². The summed E-state index contributed by atoms with van der Waals surface area (Å²) in [4.78, 5) is 7.05. The van der Waals surface area contributed by atoms with Crippen molar-refractivity contribution in [1.82, 2.24) is 20.5 Å². The van der Waals surface area contributed by atoms with E-state index < -0.39 is 0 Å². The zero-order valence-electron chi connectivity index (χ0n) is 12.2. The summed E-state index contributed by atoms with van der Waals surface area (Å²) >= 11 is 0. The van der Waals surface area contributed by atoms with Gasteiger partial charge in [-0.15, -0.1) is 5.10 Å². The fourth-order valence-corrected chi connectivity index (χ4v) is 3.39. The first-order chi connectivity index (χ1) is 10.4. The largest absolute Gasteiger partial charge is 0.338 e. The maximum Gasteiger partial charge on any atom is 0.244 e. The molecule has 21 heavy (non-hydrogen) atoms. The highest BCUT2D eigenvalue weighted by molar-refractivity contribution is 5.36. The van der Waals surface area contributed by atoms with E-state index in [1.807, 2.05) is 0 Å². The Morgan fingerprint density at radius 3 is 2.67 bits per heavy atom. The van der Waals surface area contributed by atoms with Crippen molar-refractivity contribution in [1.29, 1.82) is 0 Å². The van der Waals surface area contributed by atoms with Gasteiger partial charge in [-0.2, -0.15) is 4.98 Å². The van der Waals surface area contributed by atoms with Crippen molar-refractivity contribution >= 4 is 5.95 Å². The Morgan fingerprint density at radius 1 is 1.05 bits per heavy atom. The fraction of sp³-hybridized carbons (Fsp3) is 0.500. The number of hydrogen-bond donors (Lipinski definition) is 2. The second-order valence-electron chi connectivity index (χ2n) is 5.99. The molecule has 4 rings (SSSR count). The van der Waals surface area contributed by atoms with E-state index in [-0.39, 0.29) is 0 Å². The standard InChI is InChI=1S/C16H21N5/c1-2-5-13-11-14(10-12(13)4-1)15-18-16(20-19-15)21-8-3-6-17-7-9-21/h1-2,4-5,14,17H,3,6-11H2,(H,18,19,20). The predicted molar refractivity (Wildman–Crippen MR) is 82.7 cm³/mol. The van der Waals surface area contributed by atoms with Gasteiger partial charge < -0.3 is 10.2 Å². The third-order valence-electron chi connectivity index (χ3n) is 4.55. The minimum Gasteiger partial charge on any atom is -0.338 e. The third kappa shape index (κ3) is 2.53. The number of nitrogens with one attached hydrogen (secondary N) is 2. The van der Waals surface area contributed by atoms with Gasteiger partial charge in [0.05, 0.1) is 0 Å². The van der Waals surface area contributed by atoms with E-state index in [0.717, 1.165) is 57.2 Å². The smallest absolute Gasteiger partial charge is 0.244 e. The van der Waals surface area contributed by atoms with Crippen LogP contribution in [-0.4, -0.2) is 41.4 Å². The topological polar surface area (TPSA) is 56.8 Å². The SMILES string of the molecule is c1ccc2c(c1)CC(c1nc(N3CCCNCC3)n[nH]1)C2. The Bertz CT molecular complexity index is 588. The van der Waals surface area contributed by atoms with Crippen LogP contribution in [0.5, 0.6) is 0 Å². The number of nitrogens with zero attached hydrogens (tertiary/aromatic N) is 3. The van der Waals surface area contributed by atoms with Crippen LogP contribution in [0.2, 0.25) is 0 Å². The van der Waals surface area contributed by atoms with Crippen molar-refractivity contribution in [3.8, 4) is 0 Å². The Hall–Kier alpha value is -1.88. The molecule has 0 radical (unpaired) electrons. The quantitative estimate of drug-likeness (QED) is 0.877. The van der Waals surface area contributed by atoms with Crippen molar-refractivity contribution in [2.24, 2.45) is 0 Å². The van der Waals surface area contributed by atoms with E-state index in [1.165, 1.54) is 11.1 Å². The maximum absolute atomic E-state index is 4.77. The molecule has 0 saturated carbocycles. The summed E-state index contributed by atoms with van der Waals surface area (Å²) in [5.41, 5.74) is 2.92. The molecule has 0 unspecified atom stereocenters. The molecule has 1 aliphatic heterocycles. The number of anilines is 1. The van der Waals surface area contributed by atoms with Gasteiger partial charge in [0.25, 0.3) is 0 Å². The second-order valence-corrected chi connectivity index (χ2v) is 5.99.